The third-order valence-corrected chi connectivity index (χ3v) is 8.93. The molecule has 0 bridgehead atoms. The molecule has 292 valence electrons. The summed E-state index contributed by atoms with van der Waals surface area (Å²) in [6.07, 6.45) is 18.2. The first-order valence-corrected chi connectivity index (χ1v) is 18.7. The van der Waals surface area contributed by atoms with Crippen molar-refractivity contribution in [2.24, 2.45) is 0 Å². The molecule has 15 heteroatoms. The van der Waals surface area contributed by atoms with Crippen molar-refractivity contribution in [3.05, 3.63) is 120 Å². The predicted molar refractivity (Wildman–Crippen MR) is 219 cm³/mol. The number of nitrogen functional groups attached to an aromatic ring is 1. The van der Waals surface area contributed by atoms with Crippen LogP contribution in [0.25, 0.3) is 33.6 Å². The fourth-order valence-corrected chi connectivity index (χ4v) is 5.74. The third kappa shape index (κ3) is 11.2. The summed E-state index contributed by atoms with van der Waals surface area (Å²) in [5, 5.41) is 17.2. The SMILES string of the molecule is CC(=O)Cl.CC(=O)Nc1cncc(-n2cc(-c3cc(C(=O)NC4CC4)ccc3C)cn2)c1.Cc1ccc(C(=O)NC2CC2)cc1-c1cnn(-c2cncc(N)c2)c1. The number of nitrogens with zero attached hydrogens (tertiary/aromatic N) is 6. The van der Waals surface area contributed by atoms with E-state index in [1.165, 1.54) is 13.8 Å². The molecule has 8 rings (SSSR count). The monoisotopic (exact) mass is 786 g/mol. The number of carbonyl (C=O) groups is 4. The quantitative estimate of drug-likeness (QED) is 0.117. The molecule has 2 fully saturated rings. The van der Waals surface area contributed by atoms with Crippen molar-refractivity contribution in [1.29, 1.82) is 0 Å². The first kappa shape index (κ1) is 40.0. The Bertz CT molecular complexity index is 2430. The number of hydrogen-bond acceptors (Lipinski definition) is 9. The number of nitrogens with one attached hydrogen (secondary N) is 3. The van der Waals surface area contributed by atoms with Crippen LogP contribution in [0.2, 0.25) is 0 Å². The number of amides is 3. The fraction of sp³-hybridized carbons (Fsp3) is 0.238. The average Bonchev–Trinajstić information content (AvgIpc) is 4.06. The van der Waals surface area contributed by atoms with Gasteiger partial charge in [-0.2, -0.15) is 10.2 Å². The second-order valence-electron chi connectivity index (χ2n) is 14.0. The van der Waals surface area contributed by atoms with Crippen molar-refractivity contribution in [1.82, 2.24) is 40.2 Å². The number of halogens is 1. The summed E-state index contributed by atoms with van der Waals surface area (Å²) in [5.74, 6) is -0.212. The first-order valence-electron chi connectivity index (χ1n) is 18.4. The minimum absolute atomic E-state index is 0.0174. The van der Waals surface area contributed by atoms with Crippen molar-refractivity contribution in [2.45, 2.75) is 65.5 Å². The lowest BCUT2D eigenvalue weighted by Crippen LogP contribution is -2.25. The van der Waals surface area contributed by atoms with E-state index in [1.54, 1.807) is 52.6 Å². The predicted octanol–water partition coefficient (Wildman–Crippen LogP) is 6.58. The maximum Gasteiger partial charge on any atom is 0.251 e. The van der Waals surface area contributed by atoms with Crippen molar-refractivity contribution in [3.8, 4) is 33.6 Å². The fourth-order valence-electron chi connectivity index (χ4n) is 5.74. The zero-order chi connectivity index (χ0) is 40.6. The Morgan fingerprint density at radius 2 is 1.12 bits per heavy atom. The van der Waals surface area contributed by atoms with E-state index in [2.05, 4.69) is 47.7 Å². The van der Waals surface area contributed by atoms with Crippen LogP contribution < -0.4 is 21.7 Å². The van der Waals surface area contributed by atoms with Crippen LogP contribution in [0.4, 0.5) is 11.4 Å². The topological polar surface area (TPSA) is 192 Å². The lowest BCUT2D eigenvalue weighted by atomic mass is 10.0. The van der Waals surface area contributed by atoms with Gasteiger partial charge in [-0.1, -0.05) is 12.1 Å². The van der Waals surface area contributed by atoms with Gasteiger partial charge in [-0.15, -0.1) is 0 Å². The molecule has 0 saturated heterocycles. The van der Waals surface area contributed by atoms with Crippen LogP contribution in [-0.2, 0) is 9.59 Å². The van der Waals surface area contributed by atoms with Crippen LogP contribution in [0.5, 0.6) is 0 Å². The number of rotatable bonds is 9. The molecule has 0 atom stereocenters. The second-order valence-corrected chi connectivity index (χ2v) is 14.5. The number of aryl methyl sites for hydroxylation is 2. The average molecular weight is 787 g/mol. The van der Waals surface area contributed by atoms with E-state index in [9.17, 15) is 19.2 Å². The van der Waals surface area contributed by atoms with Gasteiger partial charge in [-0.05, 0) is 110 Å². The maximum atomic E-state index is 12.4. The third-order valence-electron chi connectivity index (χ3n) is 8.93. The van der Waals surface area contributed by atoms with Crippen LogP contribution in [0.3, 0.4) is 0 Å². The molecular weight excluding hydrogens is 744 g/mol. The highest BCUT2D eigenvalue weighted by molar-refractivity contribution is 6.62. The molecule has 0 unspecified atom stereocenters. The summed E-state index contributed by atoms with van der Waals surface area (Å²) in [7, 11) is 0. The number of pyridine rings is 2. The number of hydrogen-bond donors (Lipinski definition) is 4. The van der Waals surface area contributed by atoms with Gasteiger partial charge in [0, 0.05) is 66.8 Å². The molecule has 4 heterocycles. The number of carbonyl (C=O) groups excluding carboxylic acids is 4. The van der Waals surface area contributed by atoms with E-state index >= 15 is 0 Å². The highest BCUT2D eigenvalue weighted by Gasteiger charge is 2.25. The van der Waals surface area contributed by atoms with Crippen LogP contribution >= 0.6 is 11.6 Å². The van der Waals surface area contributed by atoms with E-state index < -0.39 is 0 Å². The van der Waals surface area contributed by atoms with Gasteiger partial charge in [0.15, 0.2) is 0 Å². The molecule has 0 aliphatic heterocycles. The lowest BCUT2D eigenvalue weighted by molar-refractivity contribution is -0.114. The van der Waals surface area contributed by atoms with Gasteiger partial charge >= 0.3 is 0 Å². The van der Waals surface area contributed by atoms with Crippen molar-refractivity contribution in [2.75, 3.05) is 11.1 Å². The van der Waals surface area contributed by atoms with Gasteiger partial charge in [-0.25, -0.2) is 9.36 Å². The molecule has 4 aromatic heterocycles. The maximum absolute atomic E-state index is 12.4. The number of anilines is 2. The minimum atomic E-state index is -0.361. The zero-order valence-corrected chi connectivity index (χ0v) is 32.7. The molecular formula is C42H43ClN10O4. The summed E-state index contributed by atoms with van der Waals surface area (Å²) in [6.45, 7) is 6.78. The van der Waals surface area contributed by atoms with Crippen molar-refractivity contribution < 1.29 is 19.2 Å². The van der Waals surface area contributed by atoms with Gasteiger partial charge in [0.05, 0.1) is 53.7 Å². The first-order chi connectivity index (χ1) is 27.3. The Morgan fingerprint density at radius 3 is 1.56 bits per heavy atom. The standard InChI is InChI=1S/C21H21N5O2.C19H19N5O.C2H3ClO/c1-13-3-4-15(21(28)25-17-5-6-17)7-20(13)16-9-23-26(12-16)19-8-18(10-22-11-19)24-14(2)27;1-12-2-3-13(19(25)23-16-4-5-16)6-18(12)14-8-22-24(11-14)17-7-15(20)9-21-10-17;1-2(3)4/h3-4,7-12,17H,5-6H2,1-2H3,(H,24,27)(H,25,28);2-3,6-11,16H,4-5,20H2,1H3,(H,23,25);1H3. The largest absolute Gasteiger partial charge is 0.397 e. The summed E-state index contributed by atoms with van der Waals surface area (Å²) in [6, 6.07) is 15.7. The number of benzene rings is 2. The molecule has 6 aromatic rings. The van der Waals surface area contributed by atoms with Crippen LogP contribution in [-0.4, -0.2) is 64.6 Å². The van der Waals surface area contributed by atoms with Gasteiger partial charge in [-0.3, -0.25) is 29.1 Å². The van der Waals surface area contributed by atoms with Crippen molar-refractivity contribution >= 4 is 45.9 Å². The van der Waals surface area contributed by atoms with Gasteiger partial charge in [0.1, 0.15) is 0 Å². The van der Waals surface area contributed by atoms with Gasteiger partial charge in [0.25, 0.3) is 11.8 Å². The Hall–Kier alpha value is -6.67. The zero-order valence-electron chi connectivity index (χ0n) is 32.0. The van der Waals surface area contributed by atoms with E-state index in [-0.39, 0.29) is 23.0 Å². The van der Waals surface area contributed by atoms with Crippen LogP contribution in [0.15, 0.2) is 98.1 Å². The number of nitrogens with two attached hydrogens (primary N) is 1. The van der Waals surface area contributed by atoms with E-state index in [4.69, 9.17) is 5.73 Å². The summed E-state index contributed by atoms with van der Waals surface area (Å²) < 4.78 is 3.43. The molecule has 14 nitrogen and oxygen atoms in total. The highest BCUT2D eigenvalue weighted by atomic mass is 35.5. The van der Waals surface area contributed by atoms with Crippen LogP contribution in [0.1, 0.15) is 71.4 Å². The normalized spacial score (nSPS) is 12.9. The van der Waals surface area contributed by atoms with E-state index in [0.29, 0.717) is 34.6 Å². The Kier molecular flexibility index (Phi) is 12.5. The van der Waals surface area contributed by atoms with Crippen molar-refractivity contribution in [3.63, 3.8) is 0 Å². The summed E-state index contributed by atoms with van der Waals surface area (Å²) in [5.41, 5.74) is 15.8. The van der Waals surface area contributed by atoms with Gasteiger partial charge < -0.3 is 21.7 Å². The number of aromatic nitrogens is 6. The highest BCUT2D eigenvalue weighted by Crippen LogP contribution is 2.28. The van der Waals surface area contributed by atoms with E-state index in [0.717, 1.165) is 70.4 Å². The molecule has 0 spiro atoms. The second kappa shape index (κ2) is 17.9. The summed E-state index contributed by atoms with van der Waals surface area (Å²) >= 11 is 4.64. The Labute approximate surface area is 334 Å². The van der Waals surface area contributed by atoms with E-state index in [1.807, 2.05) is 68.7 Å². The Balaban J connectivity index is 0.000000177. The molecule has 2 aliphatic carbocycles. The van der Waals surface area contributed by atoms with Crippen LogP contribution in [0, 0.1) is 13.8 Å². The smallest absolute Gasteiger partial charge is 0.251 e. The Morgan fingerprint density at radius 1 is 0.667 bits per heavy atom. The molecule has 0 radical (unpaired) electrons. The molecule has 2 aromatic carbocycles. The molecule has 57 heavy (non-hydrogen) atoms. The molecule has 3 amide bonds. The minimum Gasteiger partial charge on any atom is -0.397 e. The molecule has 2 saturated carbocycles. The van der Waals surface area contributed by atoms with Gasteiger partial charge in [0.2, 0.25) is 11.1 Å². The lowest BCUT2D eigenvalue weighted by Gasteiger charge is -2.08. The summed E-state index contributed by atoms with van der Waals surface area (Å²) in [4.78, 5) is 53.4. The molecule has 5 N–H and O–H groups in total. The molecule has 2 aliphatic rings.